The summed E-state index contributed by atoms with van der Waals surface area (Å²) in [6.07, 6.45) is 6.19. The van der Waals surface area contributed by atoms with E-state index in [0.717, 1.165) is 17.8 Å². The van der Waals surface area contributed by atoms with E-state index >= 15 is 0 Å². The van der Waals surface area contributed by atoms with Crippen LogP contribution < -0.4 is 5.73 Å². The molecule has 0 aliphatic carbocycles. The normalized spacial score (nSPS) is 10.8. The summed E-state index contributed by atoms with van der Waals surface area (Å²) in [5.74, 6) is 0.602. The summed E-state index contributed by atoms with van der Waals surface area (Å²) in [4.78, 5) is 8.12. The molecule has 0 atom stereocenters. The van der Waals surface area contributed by atoms with Gasteiger partial charge in [0, 0.05) is 12.4 Å². The summed E-state index contributed by atoms with van der Waals surface area (Å²) in [6, 6.07) is 0. The van der Waals surface area contributed by atoms with E-state index in [0.29, 0.717) is 5.82 Å². The van der Waals surface area contributed by atoms with Gasteiger partial charge in [0.15, 0.2) is 5.65 Å². The number of nitrogens with zero attached hydrogens (tertiary/aromatic N) is 3. The van der Waals surface area contributed by atoms with Crippen molar-refractivity contribution < 1.29 is 0 Å². The fourth-order valence-corrected chi connectivity index (χ4v) is 1.33. The van der Waals surface area contributed by atoms with Crippen LogP contribution in [-0.4, -0.2) is 14.4 Å². The summed E-state index contributed by atoms with van der Waals surface area (Å²) in [6.45, 7) is 2.06. The molecule has 62 valence electrons. The minimum atomic E-state index is 0.602. The van der Waals surface area contributed by atoms with Gasteiger partial charge in [-0.15, -0.1) is 0 Å². The highest BCUT2D eigenvalue weighted by Crippen LogP contribution is 2.13. The number of hydrogen-bond donors (Lipinski definition) is 1. The van der Waals surface area contributed by atoms with Gasteiger partial charge in [-0.3, -0.25) is 9.38 Å². The largest absolute Gasteiger partial charge is 0.382 e. The molecule has 0 amide bonds. The number of fused-ring (bicyclic) bond motifs is 1. The predicted molar refractivity (Wildman–Crippen MR) is 46.8 cm³/mol. The van der Waals surface area contributed by atoms with Crippen LogP contribution in [0.15, 0.2) is 18.6 Å². The summed E-state index contributed by atoms with van der Waals surface area (Å²) < 4.78 is 1.96. The van der Waals surface area contributed by atoms with Crippen LogP contribution in [0.25, 0.3) is 5.65 Å². The van der Waals surface area contributed by atoms with E-state index in [2.05, 4.69) is 16.9 Å². The third-order valence-corrected chi connectivity index (χ3v) is 1.89. The lowest BCUT2D eigenvalue weighted by molar-refractivity contribution is 0.986. The molecular weight excluding hydrogens is 152 g/mol. The smallest absolute Gasteiger partial charge is 0.157 e. The molecule has 2 aromatic rings. The highest BCUT2D eigenvalue weighted by molar-refractivity contribution is 5.50. The van der Waals surface area contributed by atoms with Crippen molar-refractivity contribution in [2.24, 2.45) is 0 Å². The maximum absolute atomic E-state index is 5.70. The van der Waals surface area contributed by atoms with Gasteiger partial charge in [0.25, 0.3) is 0 Å². The number of aromatic nitrogens is 3. The molecule has 4 nitrogen and oxygen atoms in total. The third-order valence-electron chi connectivity index (χ3n) is 1.89. The van der Waals surface area contributed by atoms with Crippen molar-refractivity contribution in [1.29, 1.82) is 0 Å². The summed E-state index contributed by atoms with van der Waals surface area (Å²) in [5.41, 5.74) is 7.56. The van der Waals surface area contributed by atoms with Crippen LogP contribution in [0.4, 0.5) is 5.82 Å². The van der Waals surface area contributed by atoms with Crippen LogP contribution in [0.3, 0.4) is 0 Å². The Bertz CT molecular complexity index is 404. The maximum atomic E-state index is 5.70. The number of rotatable bonds is 1. The molecule has 0 bridgehead atoms. The first-order valence-electron chi connectivity index (χ1n) is 3.89. The Balaban J connectivity index is 2.81. The van der Waals surface area contributed by atoms with Gasteiger partial charge in [0.2, 0.25) is 0 Å². The Kier molecular flexibility index (Phi) is 1.46. The van der Waals surface area contributed by atoms with Gasteiger partial charge in [-0.1, -0.05) is 6.92 Å². The fourth-order valence-electron chi connectivity index (χ4n) is 1.33. The van der Waals surface area contributed by atoms with Gasteiger partial charge in [-0.2, -0.15) is 0 Å². The lowest BCUT2D eigenvalue weighted by atomic mass is 10.3. The van der Waals surface area contributed by atoms with Crippen LogP contribution in [-0.2, 0) is 6.42 Å². The molecule has 0 aliphatic heterocycles. The summed E-state index contributed by atoms with van der Waals surface area (Å²) >= 11 is 0. The lowest BCUT2D eigenvalue weighted by Crippen LogP contribution is -1.94. The van der Waals surface area contributed by atoms with E-state index in [4.69, 9.17) is 5.73 Å². The molecule has 0 radical (unpaired) electrons. The summed E-state index contributed by atoms with van der Waals surface area (Å²) in [5, 5.41) is 0. The highest BCUT2D eigenvalue weighted by Gasteiger charge is 2.05. The van der Waals surface area contributed by atoms with Crippen molar-refractivity contribution in [3.63, 3.8) is 0 Å². The Labute approximate surface area is 70.1 Å². The van der Waals surface area contributed by atoms with Crippen molar-refractivity contribution in [3.05, 3.63) is 24.3 Å². The second-order valence-electron chi connectivity index (χ2n) is 2.60. The summed E-state index contributed by atoms with van der Waals surface area (Å²) in [7, 11) is 0. The molecule has 0 saturated heterocycles. The zero-order valence-corrected chi connectivity index (χ0v) is 6.86. The van der Waals surface area contributed by atoms with Crippen LogP contribution in [0.1, 0.15) is 12.6 Å². The number of nitrogens with two attached hydrogens (primary N) is 1. The number of imidazole rings is 1. The van der Waals surface area contributed by atoms with Crippen LogP contribution in [0, 0.1) is 0 Å². The average Bonchev–Trinajstić information content (AvgIpc) is 2.40. The van der Waals surface area contributed by atoms with Crippen molar-refractivity contribution in [1.82, 2.24) is 14.4 Å². The minimum absolute atomic E-state index is 0.602. The minimum Gasteiger partial charge on any atom is -0.382 e. The first-order chi connectivity index (χ1) is 5.83. The predicted octanol–water partition coefficient (Wildman–Crippen LogP) is 0.874. The van der Waals surface area contributed by atoms with Crippen molar-refractivity contribution >= 4 is 11.5 Å². The average molecular weight is 162 g/mol. The zero-order valence-electron chi connectivity index (χ0n) is 6.86. The monoisotopic (exact) mass is 162 g/mol. The zero-order chi connectivity index (χ0) is 8.55. The molecule has 2 N–H and O–H groups in total. The first-order valence-corrected chi connectivity index (χ1v) is 3.89. The van der Waals surface area contributed by atoms with Crippen molar-refractivity contribution in [2.75, 3.05) is 5.73 Å². The first kappa shape index (κ1) is 7.09. The quantitative estimate of drug-likeness (QED) is 0.677. The topological polar surface area (TPSA) is 56.2 Å². The van der Waals surface area contributed by atoms with Crippen LogP contribution >= 0.6 is 0 Å². The molecule has 4 heteroatoms. The van der Waals surface area contributed by atoms with Crippen LogP contribution in [0.5, 0.6) is 0 Å². The van der Waals surface area contributed by atoms with E-state index in [1.165, 1.54) is 0 Å². The maximum Gasteiger partial charge on any atom is 0.157 e. The van der Waals surface area contributed by atoms with Gasteiger partial charge in [-0.05, 0) is 6.42 Å². The number of anilines is 1. The molecule has 2 heterocycles. The Morgan fingerprint density at radius 1 is 1.58 bits per heavy atom. The standard InChI is InChI=1S/C8H10N4/c1-2-6-8(9)11-7-5-10-3-4-12(6)7/h3-5H,2,9H2,1H3. The molecule has 12 heavy (non-hydrogen) atoms. The second kappa shape index (κ2) is 2.48. The van der Waals surface area contributed by atoms with Gasteiger partial charge >= 0.3 is 0 Å². The van der Waals surface area contributed by atoms with Gasteiger partial charge in [0.05, 0.1) is 11.9 Å². The van der Waals surface area contributed by atoms with Crippen molar-refractivity contribution in [2.45, 2.75) is 13.3 Å². The van der Waals surface area contributed by atoms with E-state index in [9.17, 15) is 0 Å². The van der Waals surface area contributed by atoms with Gasteiger partial charge < -0.3 is 5.73 Å². The van der Waals surface area contributed by atoms with Crippen LogP contribution in [0.2, 0.25) is 0 Å². The highest BCUT2D eigenvalue weighted by atomic mass is 15.1. The fraction of sp³-hybridized carbons (Fsp3) is 0.250. The number of hydrogen-bond acceptors (Lipinski definition) is 3. The van der Waals surface area contributed by atoms with E-state index in [-0.39, 0.29) is 0 Å². The number of aryl methyl sites for hydroxylation is 1. The Morgan fingerprint density at radius 3 is 3.17 bits per heavy atom. The molecule has 0 spiro atoms. The molecule has 0 fully saturated rings. The van der Waals surface area contributed by atoms with Gasteiger partial charge in [0.1, 0.15) is 5.82 Å². The molecule has 0 saturated carbocycles. The Hall–Kier alpha value is -1.58. The SMILES string of the molecule is CCc1c(N)nc2cnccn12. The molecule has 2 rings (SSSR count). The third kappa shape index (κ3) is 0.845. The molecular formula is C8H10N4. The Morgan fingerprint density at radius 2 is 2.42 bits per heavy atom. The van der Waals surface area contributed by atoms with E-state index in [1.54, 1.807) is 12.4 Å². The molecule has 2 aromatic heterocycles. The van der Waals surface area contributed by atoms with Crippen molar-refractivity contribution in [3.8, 4) is 0 Å². The molecule has 0 aromatic carbocycles. The second-order valence-corrected chi connectivity index (χ2v) is 2.60. The van der Waals surface area contributed by atoms with Gasteiger partial charge in [-0.25, -0.2) is 4.98 Å². The molecule has 0 unspecified atom stereocenters. The van der Waals surface area contributed by atoms with E-state index in [1.807, 2.05) is 10.6 Å². The number of nitrogen functional groups attached to an aromatic ring is 1. The molecule has 0 aliphatic rings. The lowest BCUT2D eigenvalue weighted by Gasteiger charge is -1.96. The van der Waals surface area contributed by atoms with E-state index < -0.39 is 0 Å².